The van der Waals surface area contributed by atoms with Crippen LogP contribution in [-0.2, 0) is 9.59 Å². The first-order valence-corrected chi connectivity index (χ1v) is 9.10. The molecule has 1 aromatic carbocycles. The Morgan fingerprint density at radius 3 is 2.43 bits per heavy atom. The van der Waals surface area contributed by atoms with E-state index in [4.69, 9.17) is 0 Å². The van der Waals surface area contributed by atoms with Crippen LogP contribution in [0.15, 0.2) is 22.7 Å². The number of nitrogens with one attached hydrogen (secondary N) is 1. The largest absolute Gasteiger partial charge is 0.352 e. The molecule has 0 saturated heterocycles. The number of rotatable bonds is 4. The van der Waals surface area contributed by atoms with Crippen molar-refractivity contribution in [2.45, 2.75) is 58.4 Å². The zero-order valence-corrected chi connectivity index (χ0v) is 15.5. The molecular formula is C18H25BrN2O2. The maximum Gasteiger partial charge on any atom is 0.240 e. The van der Waals surface area contributed by atoms with Crippen molar-refractivity contribution in [1.82, 2.24) is 5.32 Å². The minimum absolute atomic E-state index is 0.0746. The Bertz CT molecular complexity index is 566. The minimum atomic E-state index is -0.119. The van der Waals surface area contributed by atoms with Crippen LogP contribution in [0.4, 0.5) is 5.69 Å². The molecule has 1 saturated carbocycles. The van der Waals surface area contributed by atoms with Gasteiger partial charge in [-0.2, -0.15) is 0 Å². The molecule has 2 rings (SSSR count). The lowest BCUT2D eigenvalue weighted by Gasteiger charge is -2.24. The standard InChI is InChI=1S/C18H25BrN2O2/c1-13-11-15(19)9-10-17(13)21(14(2)22)12-18(23)20-16-7-5-3-4-6-8-16/h9-11,16H,3-8,12H2,1-2H3,(H,20,23). The van der Waals surface area contributed by atoms with Crippen molar-refractivity contribution in [1.29, 1.82) is 0 Å². The van der Waals surface area contributed by atoms with Crippen molar-refractivity contribution in [3.05, 3.63) is 28.2 Å². The smallest absolute Gasteiger partial charge is 0.240 e. The summed E-state index contributed by atoms with van der Waals surface area (Å²) < 4.78 is 0.963. The predicted molar refractivity (Wildman–Crippen MR) is 96.5 cm³/mol. The number of nitrogens with zero attached hydrogens (tertiary/aromatic N) is 1. The van der Waals surface area contributed by atoms with Gasteiger partial charge in [0.25, 0.3) is 0 Å². The van der Waals surface area contributed by atoms with Gasteiger partial charge in [-0.15, -0.1) is 0 Å². The molecule has 0 heterocycles. The van der Waals surface area contributed by atoms with Crippen LogP contribution in [0.1, 0.15) is 51.0 Å². The first kappa shape index (κ1) is 18.0. The summed E-state index contributed by atoms with van der Waals surface area (Å²) in [5.74, 6) is -0.194. The predicted octanol–water partition coefficient (Wildman–Crippen LogP) is 3.95. The fraction of sp³-hybridized carbons (Fsp3) is 0.556. The van der Waals surface area contributed by atoms with E-state index in [9.17, 15) is 9.59 Å². The summed E-state index contributed by atoms with van der Waals surface area (Å²) in [5, 5.41) is 3.10. The third kappa shape index (κ3) is 5.34. The van der Waals surface area contributed by atoms with Gasteiger partial charge in [0.1, 0.15) is 6.54 Å². The number of benzene rings is 1. The zero-order valence-electron chi connectivity index (χ0n) is 13.9. The van der Waals surface area contributed by atoms with E-state index in [-0.39, 0.29) is 24.4 Å². The molecule has 0 bridgehead atoms. The fourth-order valence-electron chi connectivity index (χ4n) is 3.13. The molecule has 4 nitrogen and oxygen atoms in total. The van der Waals surface area contributed by atoms with Gasteiger partial charge in [0.2, 0.25) is 11.8 Å². The number of carbonyl (C=O) groups excluding carboxylic acids is 2. The summed E-state index contributed by atoms with van der Waals surface area (Å²) in [6.07, 6.45) is 6.95. The van der Waals surface area contributed by atoms with Gasteiger partial charge in [-0.3, -0.25) is 9.59 Å². The SMILES string of the molecule is CC(=O)N(CC(=O)NC1CCCCCC1)c1ccc(Br)cc1C. The van der Waals surface area contributed by atoms with Gasteiger partial charge in [0.15, 0.2) is 0 Å². The van der Waals surface area contributed by atoms with Gasteiger partial charge in [0.05, 0.1) is 0 Å². The van der Waals surface area contributed by atoms with Gasteiger partial charge >= 0.3 is 0 Å². The van der Waals surface area contributed by atoms with E-state index < -0.39 is 0 Å². The Kier molecular flexibility index (Phi) is 6.63. The van der Waals surface area contributed by atoms with Crippen molar-refractivity contribution < 1.29 is 9.59 Å². The molecule has 0 aromatic heterocycles. The van der Waals surface area contributed by atoms with E-state index in [0.717, 1.165) is 28.6 Å². The van der Waals surface area contributed by atoms with Gasteiger partial charge in [-0.05, 0) is 43.5 Å². The number of amides is 2. The molecule has 0 aliphatic heterocycles. The maximum atomic E-state index is 12.4. The van der Waals surface area contributed by atoms with Crippen molar-refractivity contribution in [3.8, 4) is 0 Å². The second-order valence-corrected chi connectivity index (χ2v) is 7.21. The van der Waals surface area contributed by atoms with Crippen LogP contribution in [0.5, 0.6) is 0 Å². The third-order valence-electron chi connectivity index (χ3n) is 4.35. The highest BCUT2D eigenvalue weighted by molar-refractivity contribution is 9.10. The summed E-state index contributed by atoms with van der Waals surface area (Å²) in [5.41, 5.74) is 1.76. The van der Waals surface area contributed by atoms with Crippen molar-refractivity contribution in [2.75, 3.05) is 11.4 Å². The Morgan fingerprint density at radius 1 is 1.22 bits per heavy atom. The summed E-state index contributed by atoms with van der Waals surface area (Å²) in [4.78, 5) is 25.9. The molecule has 23 heavy (non-hydrogen) atoms. The van der Waals surface area contributed by atoms with Gasteiger partial charge < -0.3 is 10.2 Å². The molecule has 1 aliphatic carbocycles. The molecule has 2 amide bonds. The first-order chi connectivity index (χ1) is 11.0. The van der Waals surface area contributed by atoms with Crippen LogP contribution in [0.3, 0.4) is 0 Å². The third-order valence-corrected chi connectivity index (χ3v) is 4.85. The van der Waals surface area contributed by atoms with E-state index >= 15 is 0 Å². The van der Waals surface area contributed by atoms with Crippen molar-refractivity contribution in [3.63, 3.8) is 0 Å². The second kappa shape index (κ2) is 8.48. The van der Waals surface area contributed by atoms with Crippen molar-refractivity contribution >= 4 is 33.4 Å². The van der Waals surface area contributed by atoms with Crippen LogP contribution < -0.4 is 10.2 Å². The first-order valence-electron chi connectivity index (χ1n) is 8.31. The molecule has 1 aromatic rings. The van der Waals surface area contributed by atoms with E-state index in [1.54, 1.807) is 4.90 Å². The highest BCUT2D eigenvalue weighted by atomic mass is 79.9. The molecule has 1 N–H and O–H groups in total. The van der Waals surface area contributed by atoms with Gasteiger partial charge in [0, 0.05) is 23.1 Å². The monoisotopic (exact) mass is 380 g/mol. The quantitative estimate of drug-likeness (QED) is 0.803. The summed E-state index contributed by atoms with van der Waals surface area (Å²) in [6.45, 7) is 3.52. The Balaban J connectivity index is 2.03. The van der Waals surface area contributed by atoms with E-state index in [0.29, 0.717) is 0 Å². The lowest BCUT2D eigenvalue weighted by Crippen LogP contribution is -2.43. The van der Waals surface area contributed by atoms with Crippen LogP contribution in [0.25, 0.3) is 0 Å². The summed E-state index contributed by atoms with van der Waals surface area (Å²) in [7, 11) is 0. The van der Waals surface area contributed by atoms with Crippen LogP contribution in [-0.4, -0.2) is 24.4 Å². The molecule has 5 heteroatoms. The van der Waals surface area contributed by atoms with Crippen LogP contribution >= 0.6 is 15.9 Å². The van der Waals surface area contributed by atoms with Gasteiger partial charge in [-0.25, -0.2) is 0 Å². The number of halogens is 1. The van der Waals surface area contributed by atoms with E-state index in [2.05, 4.69) is 21.2 Å². The normalized spacial score (nSPS) is 15.8. The lowest BCUT2D eigenvalue weighted by molar-refractivity contribution is -0.123. The molecule has 0 unspecified atom stereocenters. The highest BCUT2D eigenvalue weighted by Crippen LogP contribution is 2.24. The molecular weight excluding hydrogens is 356 g/mol. The van der Waals surface area contributed by atoms with E-state index in [1.165, 1.54) is 32.6 Å². The summed E-state index contributed by atoms with van der Waals surface area (Å²) >= 11 is 3.42. The highest BCUT2D eigenvalue weighted by Gasteiger charge is 2.20. The van der Waals surface area contributed by atoms with Gasteiger partial charge in [-0.1, -0.05) is 41.6 Å². The van der Waals surface area contributed by atoms with Crippen molar-refractivity contribution in [2.24, 2.45) is 0 Å². The van der Waals surface area contributed by atoms with Crippen LogP contribution in [0, 0.1) is 6.92 Å². The average molecular weight is 381 g/mol. The number of anilines is 1. The molecule has 1 aliphatic rings. The Morgan fingerprint density at radius 2 is 1.87 bits per heavy atom. The average Bonchev–Trinajstić information content (AvgIpc) is 2.74. The number of aryl methyl sites for hydroxylation is 1. The fourth-order valence-corrected chi connectivity index (χ4v) is 3.60. The Labute approximate surface area is 146 Å². The number of carbonyl (C=O) groups is 2. The second-order valence-electron chi connectivity index (χ2n) is 6.29. The van der Waals surface area contributed by atoms with E-state index in [1.807, 2.05) is 25.1 Å². The molecule has 0 radical (unpaired) electrons. The lowest BCUT2D eigenvalue weighted by atomic mass is 10.1. The summed E-state index contributed by atoms with van der Waals surface area (Å²) in [6, 6.07) is 5.97. The minimum Gasteiger partial charge on any atom is -0.352 e. The molecule has 0 atom stereocenters. The zero-order chi connectivity index (χ0) is 16.8. The molecule has 1 fully saturated rings. The topological polar surface area (TPSA) is 49.4 Å². The molecule has 0 spiro atoms. The maximum absolute atomic E-state index is 12.4. The number of hydrogen-bond donors (Lipinski definition) is 1. The molecule has 126 valence electrons. The number of hydrogen-bond acceptors (Lipinski definition) is 2. The van der Waals surface area contributed by atoms with Crippen LogP contribution in [0.2, 0.25) is 0 Å². The Hall–Kier alpha value is -1.36.